The van der Waals surface area contributed by atoms with Gasteiger partial charge in [0.2, 0.25) is 15.9 Å². The largest absolute Gasteiger partial charge is 0.481 e. The van der Waals surface area contributed by atoms with Crippen LogP contribution in [0, 0.1) is 11.7 Å². The molecule has 1 aliphatic rings. The summed E-state index contributed by atoms with van der Waals surface area (Å²) in [6.45, 7) is 1.54. The summed E-state index contributed by atoms with van der Waals surface area (Å²) in [5.74, 6) is -2.48. The number of halogens is 1. The molecule has 0 radical (unpaired) electrons. The van der Waals surface area contributed by atoms with Crippen LogP contribution in [0.5, 0.6) is 0 Å². The average molecular weight is 372 g/mol. The lowest BCUT2D eigenvalue weighted by molar-refractivity contribution is -0.143. The SMILES string of the molecule is CC(CN(C(=O)CCNS(=O)(=O)c1ccc(F)cc1)C1CC1)C(=O)O. The first-order chi connectivity index (χ1) is 11.7. The first kappa shape index (κ1) is 19.3. The fourth-order valence-corrected chi connectivity index (χ4v) is 3.38. The monoisotopic (exact) mass is 372 g/mol. The molecule has 1 saturated carbocycles. The normalized spacial score (nSPS) is 15.6. The van der Waals surface area contributed by atoms with E-state index in [0.717, 1.165) is 37.1 Å². The first-order valence-corrected chi connectivity index (χ1v) is 9.46. The Labute approximate surface area is 145 Å². The second-order valence-corrected chi connectivity index (χ2v) is 7.89. The van der Waals surface area contributed by atoms with E-state index in [1.807, 2.05) is 0 Å². The Morgan fingerprint density at radius 1 is 1.32 bits per heavy atom. The number of benzene rings is 1. The zero-order chi connectivity index (χ0) is 18.6. The molecule has 0 saturated heterocycles. The van der Waals surface area contributed by atoms with Crippen LogP contribution in [0.4, 0.5) is 4.39 Å². The van der Waals surface area contributed by atoms with E-state index in [1.54, 1.807) is 0 Å². The summed E-state index contributed by atoms with van der Waals surface area (Å²) in [6.07, 6.45) is 1.60. The van der Waals surface area contributed by atoms with Gasteiger partial charge in [-0.3, -0.25) is 9.59 Å². The number of sulfonamides is 1. The molecule has 1 aromatic carbocycles. The average Bonchev–Trinajstić information content (AvgIpc) is 3.37. The van der Waals surface area contributed by atoms with Crippen LogP contribution in [0.2, 0.25) is 0 Å². The first-order valence-electron chi connectivity index (χ1n) is 7.98. The molecule has 7 nitrogen and oxygen atoms in total. The Morgan fingerprint density at radius 2 is 1.92 bits per heavy atom. The van der Waals surface area contributed by atoms with Gasteiger partial charge in [0, 0.05) is 25.6 Å². The third-order valence-corrected chi connectivity index (χ3v) is 5.43. The van der Waals surface area contributed by atoms with Gasteiger partial charge >= 0.3 is 5.97 Å². The summed E-state index contributed by atoms with van der Waals surface area (Å²) in [5.41, 5.74) is 0. The predicted octanol–water partition coefficient (Wildman–Crippen LogP) is 1.21. The molecule has 1 unspecified atom stereocenters. The van der Waals surface area contributed by atoms with Crippen LogP contribution in [0.1, 0.15) is 26.2 Å². The lowest BCUT2D eigenvalue weighted by Gasteiger charge is -2.24. The Balaban J connectivity index is 1.89. The zero-order valence-corrected chi connectivity index (χ0v) is 14.6. The number of carbonyl (C=O) groups is 2. The van der Waals surface area contributed by atoms with Gasteiger partial charge in [0.15, 0.2) is 0 Å². The maximum atomic E-state index is 12.9. The van der Waals surface area contributed by atoms with Gasteiger partial charge in [0.1, 0.15) is 5.82 Å². The highest BCUT2D eigenvalue weighted by molar-refractivity contribution is 7.89. The molecule has 0 aliphatic heterocycles. The molecular formula is C16H21FN2O5S. The van der Waals surface area contributed by atoms with Crippen molar-refractivity contribution in [3.05, 3.63) is 30.1 Å². The molecular weight excluding hydrogens is 351 g/mol. The predicted molar refractivity (Wildman–Crippen MR) is 87.7 cm³/mol. The van der Waals surface area contributed by atoms with Crippen molar-refractivity contribution >= 4 is 21.9 Å². The van der Waals surface area contributed by atoms with Crippen molar-refractivity contribution in [1.82, 2.24) is 9.62 Å². The van der Waals surface area contributed by atoms with Crippen LogP contribution in [0.25, 0.3) is 0 Å². The number of rotatable bonds is 9. The number of nitrogens with zero attached hydrogens (tertiary/aromatic N) is 1. The number of amides is 1. The summed E-state index contributed by atoms with van der Waals surface area (Å²) in [7, 11) is -3.82. The number of aliphatic carboxylic acids is 1. The molecule has 0 bridgehead atoms. The number of hydrogen-bond donors (Lipinski definition) is 2. The lowest BCUT2D eigenvalue weighted by atomic mass is 10.1. The quantitative estimate of drug-likeness (QED) is 0.678. The van der Waals surface area contributed by atoms with Crippen molar-refractivity contribution in [3.63, 3.8) is 0 Å². The van der Waals surface area contributed by atoms with Crippen LogP contribution in [-0.2, 0) is 19.6 Å². The molecule has 25 heavy (non-hydrogen) atoms. The summed E-state index contributed by atoms with van der Waals surface area (Å²) in [4.78, 5) is 24.7. The van der Waals surface area contributed by atoms with E-state index < -0.39 is 27.7 Å². The lowest BCUT2D eigenvalue weighted by Crippen LogP contribution is -2.40. The number of nitrogens with one attached hydrogen (secondary N) is 1. The number of carboxylic acid groups (broad SMARTS) is 1. The molecule has 2 rings (SSSR count). The van der Waals surface area contributed by atoms with Crippen molar-refractivity contribution in [2.24, 2.45) is 5.92 Å². The molecule has 1 amide bonds. The van der Waals surface area contributed by atoms with E-state index in [2.05, 4.69) is 4.72 Å². The van der Waals surface area contributed by atoms with Gasteiger partial charge in [-0.2, -0.15) is 0 Å². The summed E-state index contributed by atoms with van der Waals surface area (Å²) < 4.78 is 39.3. The molecule has 9 heteroatoms. The molecule has 0 heterocycles. The summed E-state index contributed by atoms with van der Waals surface area (Å²) >= 11 is 0. The van der Waals surface area contributed by atoms with E-state index in [9.17, 15) is 22.4 Å². The van der Waals surface area contributed by atoms with Crippen molar-refractivity contribution < 1.29 is 27.5 Å². The molecule has 138 valence electrons. The molecule has 1 aliphatic carbocycles. The molecule has 0 spiro atoms. The molecule has 1 aromatic rings. The van der Waals surface area contributed by atoms with E-state index in [-0.39, 0.29) is 36.4 Å². The maximum absolute atomic E-state index is 12.9. The number of carboxylic acids is 1. The van der Waals surface area contributed by atoms with Crippen molar-refractivity contribution in [3.8, 4) is 0 Å². The fraction of sp³-hybridized carbons (Fsp3) is 0.500. The Kier molecular flexibility index (Phi) is 6.12. The van der Waals surface area contributed by atoms with Crippen LogP contribution < -0.4 is 4.72 Å². The third-order valence-electron chi connectivity index (χ3n) is 3.96. The highest BCUT2D eigenvalue weighted by atomic mass is 32.2. The van der Waals surface area contributed by atoms with Crippen LogP contribution in [0.15, 0.2) is 29.2 Å². The highest BCUT2D eigenvalue weighted by Gasteiger charge is 2.34. The molecule has 0 aromatic heterocycles. The van der Waals surface area contributed by atoms with E-state index in [4.69, 9.17) is 5.11 Å². The smallest absolute Gasteiger partial charge is 0.308 e. The van der Waals surface area contributed by atoms with Crippen molar-refractivity contribution in [1.29, 1.82) is 0 Å². The van der Waals surface area contributed by atoms with Crippen LogP contribution in [-0.4, -0.2) is 49.4 Å². The Hall–Kier alpha value is -2.00. The van der Waals surface area contributed by atoms with Gasteiger partial charge in [0.25, 0.3) is 0 Å². The van der Waals surface area contributed by atoms with Gasteiger partial charge in [-0.1, -0.05) is 6.92 Å². The zero-order valence-electron chi connectivity index (χ0n) is 13.8. The summed E-state index contributed by atoms with van der Waals surface area (Å²) in [6, 6.07) is 4.42. The molecule has 2 N–H and O–H groups in total. The standard InChI is InChI=1S/C16H21FN2O5S/c1-11(16(21)22)10-19(13-4-5-13)15(20)8-9-18-25(23,24)14-6-2-12(17)3-7-14/h2-3,6-7,11,13,18H,4-5,8-10H2,1H3,(H,21,22). The van der Waals surface area contributed by atoms with Gasteiger partial charge in [-0.25, -0.2) is 17.5 Å². The van der Waals surface area contributed by atoms with Gasteiger partial charge in [-0.15, -0.1) is 0 Å². The third kappa shape index (κ3) is 5.50. The van der Waals surface area contributed by atoms with Crippen molar-refractivity contribution in [2.45, 2.75) is 37.1 Å². The van der Waals surface area contributed by atoms with E-state index in [1.165, 1.54) is 11.8 Å². The second kappa shape index (κ2) is 7.92. The topological polar surface area (TPSA) is 104 Å². The van der Waals surface area contributed by atoms with E-state index >= 15 is 0 Å². The minimum absolute atomic E-state index is 0.0444. The molecule has 1 atom stereocenters. The minimum atomic E-state index is -3.82. The fourth-order valence-electron chi connectivity index (χ4n) is 2.35. The number of carbonyl (C=O) groups excluding carboxylic acids is 1. The van der Waals surface area contributed by atoms with Crippen molar-refractivity contribution in [2.75, 3.05) is 13.1 Å². The van der Waals surface area contributed by atoms with Gasteiger partial charge in [-0.05, 0) is 37.1 Å². The van der Waals surface area contributed by atoms with Crippen LogP contribution >= 0.6 is 0 Å². The highest BCUT2D eigenvalue weighted by Crippen LogP contribution is 2.28. The maximum Gasteiger partial charge on any atom is 0.308 e. The Morgan fingerprint density at radius 3 is 2.44 bits per heavy atom. The minimum Gasteiger partial charge on any atom is -0.481 e. The van der Waals surface area contributed by atoms with Gasteiger partial charge in [0.05, 0.1) is 10.8 Å². The number of hydrogen-bond acceptors (Lipinski definition) is 4. The molecule has 1 fully saturated rings. The Bertz CT molecular complexity index is 731. The van der Waals surface area contributed by atoms with Gasteiger partial charge < -0.3 is 10.0 Å². The van der Waals surface area contributed by atoms with E-state index in [0.29, 0.717) is 0 Å². The second-order valence-electron chi connectivity index (χ2n) is 6.12. The van der Waals surface area contributed by atoms with Crippen LogP contribution in [0.3, 0.4) is 0 Å². The summed E-state index contributed by atoms with van der Waals surface area (Å²) in [5, 5.41) is 8.99.